The molecular formula is C20H28F3N3O5S. The molecule has 1 atom stereocenters. The zero-order valence-corrected chi connectivity index (χ0v) is 18.7. The molecule has 1 aromatic heterocycles. The van der Waals surface area contributed by atoms with Gasteiger partial charge in [-0.25, -0.2) is 23.2 Å². The van der Waals surface area contributed by atoms with Gasteiger partial charge in [-0.1, -0.05) is 12.8 Å². The molecule has 1 saturated carbocycles. The third-order valence-corrected chi connectivity index (χ3v) is 9.10. The summed E-state index contributed by atoms with van der Waals surface area (Å²) in [6, 6.07) is 2.17. The largest absolute Gasteiger partial charge is 0.490 e. The Labute approximate surface area is 185 Å². The van der Waals surface area contributed by atoms with Crippen molar-refractivity contribution in [1.82, 2.24) is 14.9 Å². The molecule has 0 bridgehead atoms. The Bertz CT molecular complexity index is 913. The maximum atomic E-state index is 12.7. The summed E-state index contributed by atoms with van der Waals surface area (Å²) in [5.41, 5.74) is 0.852. The lowest BCUT2D eigenvalue weighted by Gasteiger charge is -2.50. The summed E-state index contributed by atoms with van der Waals surface area (Å²) in [4.78, 5) is 19.6. The second-order valence-electron chi connectivity index (χ2n) is 8.78. The number of carboxylic acids is 1. The van der Waals surface area contributed by atoms with Gasteiger partial charge in [0.1, 0.15) is 4.75 Å². The van der Waals surface area contributed by atoms with Crippen LogP contribution in [-0.4, -0.2) is 77.3 Å². The van der Waals surface area contributed by atoms with Crippen LogP contribution in [0.3, 0.4) is 0 Å². The summed E-state index contributed by atoms with van der Waals surface area (Å²) in [6.07, 6.45) is 2.53. The Hall–Kier alpha value is -1.95. The SMILES string of the molecule is Cc1ccnc(OCC2CCS(=O)(=O)C23CN(CC2CCCC2)C3)n1.O=C(O)C(F)(F)F. The maximum Gasteiger partial charge on any atom is 0.490 e. The normalized spacial score (nSPS) is 24.6. The summed E-state index contributed by atoms with van der Waals surface area (Å²) in [7, 11) is -3.04. The molecule has 0 aromatic carbocycles. The quantitative estimate of drug-likeness (QED) is 0.686. The van der Waals surface area contributed by atoms with Gasteiger partial charge in [0.15, 0.2) is 9.84 Å². The van der Waals surface area contributed by atoms with E-state index < -0.39 is 26.7 Å². The maximum absolute atomic E-state index is 12.7. The minimum absolute atomic E-state index is 0.0430. The predicted octanol–water partition coefficient (Wildman–Crippen LogP) is 2.48. The first-order valence-corrected chi connectivity index (χ1v) is 12.3. The molecule has 1 unspecified atom stereocenters. The van der Waals surface area contributed by atoms with E-state index in [-0.39, 0.29) is 11.7 Å². The van der Waals surface area contributed by atoms with Crippen LogP contribution in [0.5, 0.6) is 6.01 Å². The molecule has 3 aliphatic rings. The molecule has 32 heavy (non-hydrogen) atoms. The van der Waals surface area contributed by atoms with Gasteiger partial charge in [-0.2, -0.15) is 13.2 Å². The topological polar surface area (TPSA) is 110 Å². The number of sulfone groups is 1. The van der Waals surface area contributed by atoms with E-state index in [4.69, 9.17) is 14.6 Å². The summed E-state index contributed by atoms with van der Waals surface area (Å²) in [5.74, 6) is -1.67. The lowest BCUT2D eigenvalue weighted by atomic mass is 9.83. The number of hydrogen-bond acceptors (Lipinski definition) is 7. The number of likely N-dealkylation sites (tertiary alicyclic amines) is 1. The van der Waals surface area contributed by atoms with Crippen molar-refractivity contribution in [3.63, 3.8) is 0 Å². The van der Waals surface area contributed by atoms with Gasteiger partial charge >= 0.3 is 18.2 Å². The van der Waals surface area contributed by atoms with Crippen LogP contribution in [-0.2, 0) is 14.6 Å². The second-order valence-corrected chi connectivity index (χ2v) is 11.2. The summed E-state index contributed by atoms with van der Waals surface area (Å²) in [5, 5.41) is 7.12. The monoisotopic (exact) mass is 479 g/mol. The number of rotatable bonds is 5. The molecule has 0 radical (unpaired) electrons. The molecule has 1 spiro atoms. The van der Waals surface area contributed by atoms with Gasteiger partial charge in [0, 0.05) is 37.4 Å². The number of aromatic nitrogens is 2. The lowest BCUT2D eigenvalue weighted by molar-refractivity contribution is -0.192. The van der Waals surface area contributed by atoms with Crippen LogP contribution in [0.4, 0.5) is 13.2 Å². The Balaban J connectivity index is 0.000000360. The summed E-state index contributed by atoms with van der Waals surface area (Å²) < 4.78 is 62.3. The van der Waals surface area contributed by atoms with E-state index in [1.807, 2.05) is 13.0 Å². The van der Waals surface area contributed by atoms with Crippen molar-refractivity contribution in [2.75, 3.05) is 32.0 Å². The summed E-state index contributed by atoms with van der Waals surface area (Å²) in [6.45, 7) is 4.69. The summed E-state index contributed by atoms with van der Waals surface area (Å²) >= 11 is 0. The first kappa shape index (κ1) is 24.7. The highest BCUT2D eigenvalue weighted by molar-refractivity contribution is 7.93. The van der Waals surface area contributed by atoms with Crippen molar-refractivity contribution >= 4 is 15.8 Å². The van der Waals surface area contributed by atoms with Crippen molar-refractivity contribution in [2.45, 2.75) is 50.0 Å². The molecular weight excluding hydrogens is 451 g/mol. The minimum atomic E-state index is -5.08. The van der Waals surface area contributed by atoms with Crippen molar-refractivity contribution in [1.29, 1.82) is 0 Å². The average Bonchev–Trinajstić information content (AvgIpc) is 3.26. The zero-order valence-electron chi connectivity index (χ0n) is 17.8. The number of alkyl halides is 3. The standard InChI is InChI=1S/C18H27N3O3S.C2HF3O2/c1-14-6-8-19-17(20-14)24-11-16-7-9-25(22,23)18(16)12-21(13-18)10-15-4-2-3-5-15;3-2(4,5)1(6)7/h6,8,15-16H,2-5,7,9-13H2,1H3;(H,6,7). The molecule has 12 heteroatoms. The van der Waals surface area contributed by atoms with Crippen LogP contribution in [0.25, 0.3) is 0 Å². The molecule has 2 aliphatic heterocycles. The van der Waals surface area contributed by atoms with Crippen LogP contribution in [0.15, 0.2) is 12.3 Å². The third-order valence-electron chi connectivity index (χ3n) is 6.50. The first-order chi connectivity index (χ1) is 14.9. The molecule has 8 nitrogen and oxygen atoms in total. The van der Waals surface area contributed by atoms with Gasteiger partial charge in [0.2, 0.25) is 0 Å². The van der Waals surface area contributed by atoms with E-state index in [9.17, 15) is 21.6 Å². The van der Waals surface area contributed by atoms with Crippen LogP contribution < -0.4 is 4.74 Å². The molecule has 2 saturated heterocycles. The van der Waals surface area contributed by atoms with Gasteiger partial charge in [-0.05, 0) is 38.2 Å². The lowest BCUT2D eigenvalue weighted by Crippen LogP contribution is -2.68. The van der Waals surface area contributed by atoms with Gasteiger partial charge in [0.25, 0.3) is 0 Å². The highest BCUT2D eigenvalue weighted by Crippen LogP contribution is 2.45. The zero-order chi connectivity index (χ0) is 23.6. The van der Waals surface area contributed by atoms with Crippen molar-refractivity contribution < 1.29 is 36.2 Å². The van der Waals surface area contributed by atoms with E-state index in [1.165, 1.54) is 25.7 Å². The first-order valence-electron chi connectivity index (χ1n) is 10.6. The third kappa shape index (κ3) is 5.51. The van der Waals surface area contributed by atoms with E-state index >= 15 is 0 Å². The van der Waals surface area contributed by atoms with Gasteiger partial charge < -0.3 is 9.84 Å². The van der Waals surface area contributed by atoms with Crippen molar-refractivity contribution in [3.8, 4) is 6.01 Å². The van der Waals surface area contributed by atoms with E-state index in [0.29, 0.717) is 32.1 Å². The van der Waals surface area contributed by atoms with E-state index in [2.05, 4.69) is 14.9 Å². The number of hydrogen-bond donors (Lipinski definition) is 1. The Morgan fingerprint density at radius 1 is 1.28 bits per heavy atom. The van der Waals surface area contributed by atoms with Crippen LogP contribution in [0.1, 0.15) is 37.8 Å². The molecule has 4 rings (SSSR count). The van der Waals surface area contributed by atoms with Gasteiger partial charge in [-0.3, -0.25) is 4.90 Å². The number of halogens is 3. The van der Waals surface area contributed by atoms with Crippen molar-refractivity contribution in [2.24, 2.45) is 11.8 Å². The molecule has 1 aromatic rings. The van der Waals surface area contributed by atoms with Crippen molar-refractivity contribution in [3.05, 3.63) is 18.0 Å². The van der Waals surface area contributed by atoms with E-state index in [1.54, 1.807) is 6.20 Å². The number of nitrogens with zero attached hydrogens (tertiary/aromatic N) is 3. The predicted molar refractivity (Wildman–Crippen MR) is 109 cm³/mol. The van der Waals surface area contributed by atoms with Gasteiger partial charge in [0.05, 0.1) is 12.4 Å². The smallest absolute Gasteiger partial charge is 0.475 e. The van der Waals surface area contributed by atoms with Crippen LogP contribution in [0, 0.1) is 18.8 Å². The fourth-order valence-electron chi connectivity index (χ4n) is 4.78. The molecule has 1 N–H and O–H groups in total. The molecule has 3 heterocycles. The highest BCUT2D eigenvalue weighted by atomic mass is 32.2. The molecule has 3 fully saturated rings. The number of aliphatic carboxylic acids is 1. The van der Waals surface area contributed by atoms with Crippen LogP contribution >= 0.6 is 0 Å². The molecule has 1 aliphatic carbocycles. The molecule has 0 amide bonds. The van der Waals surface area contributed by atoms with Gasteiger partial charge in [-0.15, -0.1) is 0 Å². The number of carbonyl (C=O) groups is 1. The number of ether oxygens (including phenoxy) is 1. The number of carboxylic acid groups (broad SMARTS) is 1. The molecule has 180 valence electrons. The Morgan fingerprint density at radius 3 is 2.47 bits per heavy atom. The fourth-order valence-corrected chi connectivity index (χ4v) is 7.23. The fraction of sp³-hybridized carbons (Fsp3) is 0.750. The Morgan fingerprint density at radius 2 is 1.91 bits per heavy atom. The highest BCUT2D eigenvalue weighted by Gasteiger charge is 2.61. The van der Waals surface area contributed by atoms with Crippen LogP contribution in [0.2, 0.25) is 0 Å². The number of aryl methyl sites for hydroxylation is 1. The average molecular weight is 480 g/mol. The Kier molecular flexibility index (Phi) is 7.33. The minimum Gasteiger partial charge on any atom is -0.475 e. The van der Waals surface area contributed by atoms with E-state index in [0.717, 1.165) is 18.2 Å². The second kappa shape index (κ2) is 9.50.